The number of fused-ring (bicyclic) bond motifs is 1. The van der Waals surface area contributed by atoms with E-state index in [-0.39, 0.29) is 5.56 Å². The maximum absolute atomic E-state index is 11.3. The SMILES string of the molecule is Cc1ccc(-c2cc(C(=O)[O-])c3ccccc3n2)cc1. The van der Waals surface area contributed by atoms with Crippen molar-refractivity contribution < 1.29 is 9.90 Å². The molecule has 98 valence electrons. The zero-order valence-electron chi connectivity index (χ0n) is 11.0. The number of carbonyl (C=O) groups is 1. The van der Waals surface area contributed by atoms with Gasteiger partial charge in [-0.3, -0.25) is 0 Å². The fourth-order valence-corrected chi connectivity index (χ4v) is 2.22. The molecule has 0 bridgehead atoms. The molecule has 2 aromatic carbocycles. The maximum atomic E-state index is 11.3. The maximum Gasteiger partial charge on any atom is 0.0722 e. The molecule has 0 aliphatic carbocycles. The lowest BCUT2D eigenvalue weighted by atomic mass is 10.0. The number of carboxylic acids is 1. The van der Waals surface area contributed by atoms with Gasteiger partial charge in [-0.05, 0) is 19.1 Å². The summed E-state index contributed by atoms with van der Waals surface area (Å²) in [5, 5.41) is 11.9. The van der Waals surface area contributed by atoms with Crippen LogP contribution >= 0.6 is 0 Å². The predicted octanol–water partition coefficient (Wildman–Crippen LogP) is 2.57. The van der Waals surface area contributed by atoms with Gasteiger partial charge in [0.15, 0.2) is 0 Å². The average molecular weight is 262 g/mol. The number of aromatic nitrogens is 1. The highest BCUT2D eigenvalue weighted by Gasteiger charge is 2.07. The van der Waals surface area contributed by atoms with Crippen LogP contribution in [0.5, 0.6) is 0 Å². The third kappa shape index (κ3) is 2.14. The minimum Gasteiger partial charge on any atom is -0.545 e. The van der Waals surface area contributed by atoms with Gasteiger partial charge in [0.25, 0.3) is 0 Å². The van der Waals surface area contributed by atoms with E-state index in [2.05, 4.69) is 4.98 Å². The Morgan fingerprint density at radius 1 is 1.05 bits per heavy atom. The number of rotatable bonds is 2. The summed E-state index contributed by atoms with van der Waals surface area (Å²) in [5.41, 5.74) is 3.51. The molecule has 0 fully saturated rings. The van der Waals surface area contributed by atoms with Gasteiger partial charge in [-0.2, -0.15) is 0 Å². The van der Waals surface area contributed by atoms with Gasteiger partial charge in [0.1, 0.15) is 0 Å². The molecular formula is C17H12NO2-. The van der Waals surface area contributed by atoms with Crippen LogP contribution in [-0.4, -0.2) is 11.0 Å². The number of pyridine rings is 1. The number of carbonyl (C=O) groups excluding carboxylic acids is 1. The first-order valence-corrected chi connectivity index (χ1v) is 6.33. The Kier molecular flexibility index (Phi) is 2.95. The van der Waals surface area contributed by atoms with E-state index in [9.17, 15) is 9.90 Å². The minimum absolute atomic E-state index is 0.172. The van der Waals surface area contributed by atoms with Gasteiger partial charge < -0.3 is 9.90 Å². The molecule has 3 aromatic rings. The Morgan fingerprint density at radius 2 is 1.75 bits per heavy atom. The van der Waals surface area contributed by atoms with Gasteiger partial charge in [0.2, 0.25) is 0 Å². The standard InChI is InChI=1S/C17H13NO2/c1-11-6-8-12(9-7-11)16-10-14(17(19)20)13-4-2-3-5-15(13)18-16/h2-10H,1H3,(H,19,20)/p-1. The molecular weight excluding hydrogens is 250 g/mol. The molecule has 0 atom stereocenters. The van der Waals surface area contributed by atoms with Gasteiger partial charge in [-0.25, -0.2) is 4.98 Å². The van der Waals surface area contributed by atoms with Crippen LogP contribution in [0.3, 0.4) is 0 Å². The van der Waals surface area contributed by atoms with E-state index in [1.165, 1.54) is 0 Å². The fraction of sp³-hybridized carbons (Fsp3) is 0.0588. The largest absolute Gasteiger partial charge is 0.545 e. The second-order valence-corrected chi connectivity index (χ2v) is 4.73. The molecule has 3 heteroatoms. The molecule has 0 N–H and O–H groups in total. The molecule has 1 heterocycles. The number of aryl methyl sites for hydroxylation is 1. The molecule has 0 saturated carbocycles. The molecule has 0 aliphatic rings. The summed E-state index contributed by atoms with van der Waals surface area (Å²) in [6.07, 6.45) is 0. The summed E-state index contributed by atoms with van der Waals surface area (Å²) in [6, 6.07) is 16.6. The monoisotopic (exact) mass is 262 g/mol. The van der Waals surface area contributed by atoms with Gasteiger partial charge in [-0.1, -0.05) is 48.0 Å². The highest BCUT2D eigenvalue weighted by atomic mass is 16.4. The summed E-state index contributed by atoms with van der Waals surface area (Å²) in [4.78, 5) is 15.8. The van der Waals surface area contributed by atoms with Crippen LogP contribution in [0.1, 0.15) is 15.9 Å². The Labute approximate surface area is 116 Å². The number of benzene rings is 2. The Hall–Kier alpha value is -2.68. The van der Waals surface area contributed by atoms with E-state index in [0.717, 1.165) is 11.1 Å². The Balaban J connectivity index is 2.27. The van der Waals surface area contributed by atoms with Crippen molar-refractivity contribution in [1.82, 2.24) is 4.98 Å². The lowest BCUT2D eigenvalue weighted by Gasteiger charge is -2.10. The van der Waals surface area contributed by atoms with Crippen molar-refractivity contribution in [3.8, 4) is 11.3 Å². The van der Waals surface area contributed by atoms with Crippen molar-refractivity contribution in [3.05, 3.63) is 65.7 Å². The fourth-order valence-electron chi connectivity index (χ4n) is 2.22. The summed E-state index contributed by atoms with van der Waals surface area (Å²) in [5.74, 6) is -1.18. The first-order valence-electron chi connectivity index (χ1n) is 6.33. The second kappa shape index (κ2) is 4.78. The van der Waals surface area contributed by atoms with Crippen LogP contribution in [0.15, 0.2) is 54.6 Å². The first kappa shape index (κ1) is 12.4. The second-order valence-electron chi connectivity index (χ2n) is 4.73. The van der Waals surface area contributed by atoms with E-state index in [1.807, 2.05) is 37.3 Å². The molecule has 0 amide bonds. The molecule has 0 aliphatic heterocycles. The summed E-state index contributed by atoms with van der Waals surface area (Å²) in [7, 11) is 0. The topological polar surface area (TPSA) is 53.0 Å². The molecule has 0 spiro atoms. The van der Waals surface area contributed by atoms with Crippen LogP contribution in [0.4, 0.5) is 0 Å². The van der Waals surface area contributed by atoms with E-state index in [0.29, 0.717) is 16.6 Å². The van der Waals surface area contributed by atoms with E-state index >= 15 is 0 Å². The highest BCUT2D eigenvalue weighted by molar-refractivity contribution is 6.02. The van der Waals surface area contributed by atoms with Crippen molar-refractivity contribution >= 4 is 16.9 Å². The predicted molar refractivity (Wildman–Crippen MR) is 76.2 cm³/mol. The van der Waals surface area contributed by atoms with Crippen LogP contribution in [-0.2, 0) is 0 Å². The highest BCUT2D eigenvalue weighted by Crippen LogP contribution is 2.24. The Bertz CT molecular complexity index is 792. The van der Waals surface area contributed by atoms with Crippen LogP contribution in [0, 0.1) is 6.92 Å². The zero-order valence-corrected chi connectivity index (χ0v) is 11.0. The van der Waals surface area contributed by atoms with E-state index in [1.54, 1.807) is 24.3 Å². The number of para-hydroxylation sites is 1. The number of nitrogens with zero attached hydrogens (tertiary/aromatic N) is 1. The smallest absolute Gasteiger partial charge is 0.0722 e. The summed E-state index contributed by atoms with van der Waals surface area (Å²) >= 11 is 0. The number of carboxylic acid groups (broad SMARTS) is 1. The number of hydrogen-bond donors (Lipinski definition) is 0. The van der Waals surface area contributed by atoms with Gasteiger partial charge in [-0.15, -0.1) is 0 Å². The quantitative estimate of drug-likeness (QED) is 0.713. The van der Waals surface area contributed by atoms with Crippen LogP contribution < -0.4 is 5.11 Å². The lowest BCUT2D eigenvalue weighted by Crippen LogP contribution is -2.22. The van der Waals surface area contributed by atoms with Gasteiger partial charge in [0, 0.05) is 16.5 Å². The summed E-state index contributed by atoms with van der Waals surface area (Å²) in [6.45, 7) is 2.00. The van der Waals surface area contributed by atoms with Crippen molar-refractivity contribution in [2.75, 3.05) is 0 Å². The third-order valence-electron chi connectivity index (χ3n) is 3.28. The van der Waals surface area contributed by atoms with Gasteiger partial charge in [0.05, 0.1) is 17.2 Å². The molecule has 20 heavy (non-hydrogen) atoms. The molecule has 1 aromatic heterocycles. The van der Waals surface area contributed by atoms with Crippen LogP contribution in [0.2, 0.25) is 0 Å². The minimum atomic E-state index is -1.18. The number of hydrogen-bond acceptors (Lipinski definition) is 3. The van der Waals surface area contributed by atoms with Crippen molar-refractivity contribution in [2.45, 2.75) is 6.92 Å². The van der Waals surface area contributed by atoms with Crippen molar-refractivity contribution in [1.29, 1.82) is 0 Å². The Morgan fingerprint density at radius 3 is 2.45 bits per heavy atom. The normalized spacial score (nSPS) is 10.7. The molecule has 3 rings (SSSR count). The van der Waals surface area contributed by atoms with E-state index in [4.69, 9.17) is 0 Å². The van der Waals surface area contributed by atoms with Gasteiger partial charge >= 0.3 is 0 Å². The number of aromatic carboxylic acids is 1. The molecule has 0 unspecified atom stereocenters. The molecule has 0 saturated heterocycles. The van der Waals surface area contributed by atoms with Crippen LogP contribution in [0.25, 0.3) is 22.2 Å². The zero-order chi connectivity index (χ0) is 14.1. The first-order chi connectivity index (χ1) is 9.65. The van der Waals surface area contributed by atoms with Crippen molar-refractivity contribution in [2.24, 2.45) is 0 Å². The lowest BCUT2D eigenvalue weighted by molar-refractivity contribution is -0.254. The molecule has 0 radical (unpaired) electrons. The third-order valence-corrected chi connectivity index (χ3v) is 3.28. The van der Waals surface area contributed by atoms with E-state index < -0.39 is 5.97 Å². The average Bonchev–Trinajstić information content (AvgIpc) is 2.46. The molecule has 3 nitrogen and oxygen atoms in total. The van der Waals surface area contributed by atoms with Crippen molar-refractivity contribution in [3.63, 3.8) is 0 Å². The summed E-state index contributed by atoms with van der Waals surface area (Å²) < 4.78 is 0.